The summed E-state index contributed by atoms with van der Waals surface area (Å²) >= 11 is 27.7. The van der Waals surface area contributed by atoms with Gasteiger partial charge in [-0.3, -0.25) is 15.2 Å². The van der Waals surface area contributed by atoms with Crippen molar-refractivity contribution in [1.82, 2.24) is 0 Å². The molecule has 0 bridgehead atoms. The molecule has 8 nitrogen and oxygen atoms in total. The number of benzene rings is 2. The fourth-order valence-electron chi connectivity index (χ4n) is 1.57. The Kier molecular flexibility index (Phi) is 16.6. The largest absolute Gasteiger partial charge is 0.386 e. The maximum Gasteiger partial charge on any atom is 0.208 e. The molecular formula is C17H17Cl6F2N7O. The molecule has 0 amide bonds. The van der Waals surface area contributed by atoms with Crippen LogP contribution < -0.4 is 23.0 Å². The van der Waals surface area contributed by atoms with Crippen molar-refractivity contribution in [2.75, 3.05) is 6.54 Å². The molecule has 33 heavy (non-hydrogen) atoms. The molecular weight excluding hydrogens is 569 g/mol. The van der Waals surface area contributed by atoms with Gasteiger partial charge in [0.1, 0.15) is 12.1 Å². The standard InChI is InChI=1S/C9H7Cl3FN3.C7H3Cl2FO.CH6N4.ClH/c10-5-1-4(2-16-3-6(14)15)7(11)8(12)9(5)13;8-5-1-4(3-11)2-6(9)7(5)10;2-1(3)5-4;/h1-2H,3H2,(H3,14,15);1-3H;4H2,(H4,2,3,5);1H. The van der Waals surface area contributed by atoms with E-state index >= 15 is 0 Å². The Morgan fingerprint density at radius 3 is 1.79 bits per heavy atom. The van der Waals surface area contributed by atoms with Crippen LogP contribution in [0.25, 0.3) is 0 Å². The van der Waals surface area contributed by atoms with E-state index < -0.39 is 11.6 Å². The van der Waals surface area contributed by atoms with Crippen LogP contribution in [0, 0.1) is 17.0 Å². The van der Waals surface area contributed by atoms with Crippen molar-refractivity contribution in [3.05, 3.63) is 66.1 Å². The fourth-order valence-corrected chi connectivity index (χ4v) is 2.73. The van der Waals surface area contributed by atoms with E-state index in [0.717, 1.165) is 0 Å². The van der Waals surface area contributed by atoms with Gasteiger partial charge in [0, 0.05) is 17.3 Å². The number of nitrogens with one attached hydrogen (secondary N) is 1. The van der Waals surface area contributed by atoms with Crippen LogP contribution in [0.4, 0.5) is 8.78 Å². The van der Waals surface area contributed by atoms with Crippen LogP contribution in [0.5, 0.6) is 0 Å². The Bertz CT molecular complexity index is 1010. The lowest BCUT2D eigenvalue weighted by molar-refractivity contribution is 0.112. The van der Waals surface area contributed by atoms with E-state index in [1.54, 1.807) is 0 Å². The first-order valence-electron chi connectivity index (χ1n) is 7.89. The molecule has 0 aliphatic carbocycles. The highest BCUT2D eigenvalue weighted by molar-refractivity contribution is 6.44. The SMILES string of the molecule is Cl.N=C(N)CN=Cc1cc(Cl)c(F)c(Cl)c1Cl.NN=C(N)N.O=Cc1cc(Cl)c(F)c(Cl)c1. The summed E-state index contributed by atoms with van der Waals surface area (Å²) in [5.41, 5.74) is 15.1. The van der Waals surface area contributed by atoms with Gasteiger partial charge in [0.25, 0.3) is 0 Å². The van der Waals surface area contributed by atoms with E-state index in [0.29, 0.717) is 11.8 Å². The third kappa shape index (κ3) is 12.1. The molecule has 0 spiro atoms. The highest BCUT2D eigenvalue weighted by atomic mass is 35.5. The summed E-state index contributed by atoms with van der Waals surface area (Å²) in [6.07, 6.45) is 1.89. The van der Waals surface area contributed by atoms with Crippen LogP contribution in [0.3, 0.4) is 0 Å². The summed E-state index contributed by atoms with van der Waals surface area (Å²) < 4.78 is 25.8. The van der Waals surface area contributed by atoms with Gasteiger partial charge < -0.3 is 23.0 Å². The third-order valence-electron chi connectivity index (χ3n) is 2.91. The van der Waals surface area contributed by atoms with Crippen LogP contribution in [0.15, 0.2) is 28.3 Å². The summed E-state index contributed by atoms with van der Waals surface area (Å²) in [7, 11) is 0. The minimum absolute atomic E-state index is 0. The monoisotopic (exact) mass is 583 g/mol. The van der Waals surface area contributed by atoms with Gasteiger partial charge in [-0.2, -0.15) is 0 Å². The number of guanidine groups is 1. The van der Waals surface area contributed by atoms with Crippen LogP contribution in [-0.2, 0) is 0 Å². The number of nitrogens with zero attached hydrogens (tertiary/aromatic N) is 2. The van der Waals surface area contributed by atoms with Crippen molar-refractivity contribution < 1.29 is 13.6 Å². The lowest BCUT2D eigenvalue weighted by Gasteiger charge is -2.03. The zero-order valence-electron chi connectivity index (χ0n) is 16.3. The predicted molar refractivity (Wildman–Crippen MR) is 135 cm³/mol. The maximum atomic E-state index is 13.2. The predicted octanol–water partition coefficient (Wildman–Crippen LogP) is 4.64. The number of hydrogen-bond donors (Lipinski definition) is 5. The van der Waals surface area contributed by atoms with Gasteiger partial charge in [-0.1, -0.05) is 58.0 Å². The molecule has 0 fully saturated rings. The lowest BCUT2D eigenvalue weighted by Crippen LogP contribution is -2.23. The topological polar surface area (TPSA) is 170 Å². The Hall–Kier alpha value is -2.08. The van der Waals surface area contributed by atoms with Crippen molar-refractivity contribution in [3.8, 4) is 0 Å². The highest BCUT2D eigenvalue weighted by Crippen LogP contribution is 2.32. The van der Waals surface area contributed by atoms with Crippen molar-refractivity contribution in [3.63, 3.8) is 0 Å². The molecule has 2 aromatic carbocycles. The number of hydrazone groups is 1. The number of hydrogen-bond acceptors (Lipinski definition) is 5. The van der Waals surface area contributed by atoms with E-state index in [9.17, 15) is 13.6 Å². The second-order valence-corrected chi connectivity index (χ2v) is 7.33. The molecule has 2 rings (SSSR count). The Balaban J connectivity index is 0. The van der Waals surface area contributed by atoms with Crippen molar-refractivity contribution in [2.24, 2.45) is 33.1 Å². The van der Waals surface area contributed by atoms with Crippen molar-refractivity contribution in [2.45, 2.75) is 0 Å². The molecule has 0 aliphatic heterocycles. The number of aliphatic imine (C=N–C) groups is 1. The molecule has 0 atom stereocenters. The molecule has 16 heteroatoms. The number of halogens is 8. The number of amidine groups is 1. The Morgan fingerprint density at radius 2 is 1.39 bits per heavy atom. The van der Waals surface area contributed by atoms with Gasteiger partial charge in [-0.15, -0.1) is 17.5 Å². The average molecular weight is 586 g/mol. The second kappa shape index (κ2) is 16.5. The molecule has 0 unspecified atom stereocenters. The summed E-state index contributed by atoms with van der Waals surface area (Å²) in [5.74, 6) is 2.86. The van der Waals surface area contributed by atoms with E-state index in [1.165, 1.54) is 24.4 Å². The van der Waals surface area contributed by atoms with Gasteiger partial charge in [0.2, 0.25) is 5.96 Å². The first kappa shape index (κ1) is 33.1. The highest BCUT2D eigenvalue weighted by Gasteiger charge is 2.13. The zero-order valence-corrected chi connectivity index (χ0v) is 20.9. The van der Waals surface area contributed by atoms with Crippen LogP contribution in [-0.4, -0.2) is 30.8 Å². The lowest BCUT2D eigenvalue weighted by atomic mass is 10.2. The molecule has 0 saturated heterocycles. The van der Waals surface area contributed by atoms with Gasteiger partial charge >= 0.3 is 0 Å². The van der Waals surface area contributed by atoms with E-state index in [-0.39, 0.29) is 61.4 Å². The quantitative estimate of drug-likeness (QED) is 0.0668. The van der Waals surface area contributed by atoms with E-state index in [1.807, 2.05) is 0 Å². The van der Waals surface area contributed by atoms with Gasteiger partial charge in [0.15, 0.2) is 11.6 Å². The smallest absolute Gasteiger partial charge is 0.208 e. The number of aldehydes is 1. The minimum Gasteiger partial charge on any atom is -0.386 e. The van der Waals surface area contributed by atoms with Gasteiger partial charge in [0.05, 0.1) is 31.7 Å². The van der Waals surface area contributed by atoms with Crippen LogP contribution in [0.1, 0.15) is 15.9 Å². The molecule has 0 aliphatic rings. The zero-order chi connectivity index (χ0) is 25.0. The summed E-state index contributed by atoms with van der Waals surface area (Å²) in [5, 5.41) is 9.17. The first-order valence-corrected chi connectivity index (χ1v) is 9.78. The molecule has 9 N–H and O–H groups in total. The molecule has 0 aromatic heterocycles. The fraction of sp³-hybridized carbons (Fsp3) is 0.0588. The summed E-state index contributed by atoms with van der Waals surface area (Å²) in [4.78, 5) is 14.0. The van der Waals surface area contributed by atoms with Crippen molar-refractivity contribution in [1.29, 1.82) is 5.41 Å². The third-order valence-corrected chi connectivity index (χ3v) is 4.60. The Labute approximate surface area is 218 Å². The van der Waals surface area contributed by atoms with Crippen LogP contribution in [0.2, 0.25) is 25.1 Å². The first-order chi connectivity index (χ1) is 14.8. The molecule has 2 aromatic rings. The number of carbonyl (C=O) groups excluding carboxylic acids is 1. The van der Waals surface area contributed by atoms with Crippen LogP contribution >= 0.6 is 70.4 Å². The molecule has 0 saturated carbocycles. The summed E-state index contributed by atoms with van der Waals surface area (Å²) in [6, 6.07) is 3.74. The maximum absolute atomic E-state index is 13.2. The molecule has 0 radical (unpaired) electrons. The minimum atomic E-state index is -0.767. The van der Waals surface area contributed by atoms with E-state index in [2.05, 4.69) is 15.9 Å². The Morgan fingerprint density at radius 1 is 0.939 bits per heavy atom. The molecule has 182 valence electrons. The second-order valence-electron chi connectivity index (χ2n) is 5.35. The average Bonchev–Trinajstić information content (AvgIpc) is 2.74. The van der Waals surface area contributed by atoms with E-state index in [4.69, 9.17) is 80.6 Å². The normalized spacial score (nSPS) is 9.55. The number of nitrogens with two attached hydrogens (primary N) is 4. The van der Waals surface area contributed by atoms with Crippen molar-refractivity contribution >= 4 is 94.7 Å². The summed E-state index contributed by atoms with van der Waals surface area (Å²) in [6.45, 7) is 0.0307. The molecule has 0 heterocycles. The van der Waals surface area contributed by atoms with Gasteiger partial charge in [-0.05, 0) is 18.2 Å². The number of carbonyl (C=O) groups is 1. The van der Waals surface area contributed by atoms with Gasteiger partial charge in [-0.25, -0.2) is 8.78 Å². The number of rotatable bonds is 4.